The summed E-state index contributed by atoms with van der Waals surface area (Å²) in [6.45, 7) is 0.466. The first kappa shape index (κ1) is 28.3. The Labute approximate surface area is 240 Å². The number of nitrogens with zero attached hydrogens (tertiary/aromatic N) is 3. The van der Waals surface area contributed by atoms with E-state index in [0.717, 1.165) is 35.1 Å². The molecule has 1 unspecified atom stereocenters. The van der Waals surface area contributed by atoms with Crippen molar-refractivity contribution < 1.29 is 31.5 Å². The lowest BCUT2D eigenvalue weighted by atomic mass is 9.89. The Morgan fingerprint density at radius 2 is 1.57 bits per heavy atom. The minimum absolute atomic E-state index is 0.0297. The lowest BCUT2D eigenvalue weighted by Crippen LogP contribution is -2.68. The molecule has 5 nitrogen and oxygen atoms in total. The van der Waals surface area contributed by atoms with Gasteiger partial charge in [0, 0.05) is 25.2 Å². The molecule has 0 spiro atoms. The van der Waals surface area contributed by atoms with E-state index >= 15 is 0 Å². The number of fused-ring (bicyclic) bond motifs is 4. The third-order valence-electron chi connectivity index (χ3n) is 8.59. The van der Waals surface area contributed by atoms with Gasteiger partial charge in [0.15, 0.2) is 0 Å². The van der Waals surface area contributed by atoms with Crippen LogP contribution in [0.15, 0.2) is 66.7 Å². The molecule has 3 aromatic carbocycles. The fraction of sp³-hybridized carbons (Fsp3) is 0.375. The largest absolute Gasteiger partial charge is 0.455 e. The first-order valence-electron chi connectivity index (χ1n) is 14.1. The highest BCUT2D eigenvalue weighted by Gasteiger charge is 2.60. The monoisotopic (exact) mass is 583 g/mol. The zero-order valence-electron chi connectivity index (χ0n) is 23.0. The van der Waals surface area contributed by atoms with E-state index in [2.05, 4.69) is 0 Å². The molecule has 1 saturated heterocycles. The van der Waals surface area contributed by atoms with Gasteiger partial charge in [-0.05, 0) is 52.3 Å². The Morgan fingerprint density at radius 3 is 2.26 bits per heavy atom. The molecule has 3 aromatic rings. The summed E-state index contributed by atoms with van der Waals surface area (Å²) in [6.07, 6.45) is -3.45. The van der Waals surface area contributed by atoms with Crippen LogP contribution in [0.2, 0.25) is 0 Å². The molecule has 0 aromatic heterocycles. The van der Waals surface area contributed by atoms with Crippen LogP contribution in [0.1, 0.15) is 58.3 Å². The van der Waals surface area contributed by atoms with Crippen molar-refractivity contribution in [2.75, 3.05) is 19.6 Å². The molecular weight excluding hydrogens is 553 g/mol. The van der Waals surface area contributed by atoms with Crippen LogP contribution in [0.5, 0.6) is 0 Å². The molecule has 220 valence electrons. The Morgan fingerprint density at radius 1 is 0.905 bits per heavy atom. The van der Waals surface area contributed by atoms with Crippen LogP contribution in [0, 0.1) is 0 Å². The molecule has 1 aliphatic carbocycles. The number of rotatable bonds is 8. The Balaban J connectivity index is 1.33. The maximum Gasteiger partial charge on any atom is 0.455 e. The molecular formula is C32H30F5N3O2. The first-order valence-corrected chi connectivity index (χ1v) is 14.1. The van der Waals surface area contributed by atoms with Crippen molar-refractivity contribution in [1.82, 2.24) is 14.9 Å². The van der Waals surface area contributed by atoms with Crippen LogP contribution in [0.4, 0.5) is 22.0 Å². The number of halogens is 5. The highest BCUT2D eigenvalue weighted by Crippen LogP contribution is 2.48. The van der Waals surface area contributed by atoms with E-state index in [1.807, 2.05) is 49.4 Å². The lowest BCUT2D eigenvalue weighted by Gasteiger charge is -2.50. The Bertz CT molecular complexity index is 1530. The van der Waals surface area contributed by atoms with Gasteiger partial charge in [-0.15, -0.1) is 0 Å². The third-order valence-corrected chi connectivity index (χ3v) is 8.59. The van der Waals surface area contributed by atoms with E-state index in [9.17, 15) is 31.5 Å². The predicted molar refractivity (Wildman–Crippen MR) is 147 cm³/mol. The van der Waals surface area contributed by atoms with Crippen LogP contribution >= 0.6 is 0 Å². The molecule has 10 heteroatoms. The molecule has 0 saturated carbocycles. The number of aryl methyl sites for hydroxylation is 1. The molecule has 2 aliphatic heterocycles. The number of carbonyl (C=O) groups is 2. The summed E-state index contributed by atoms with van der Waals surface area (Å²) < 4.78 is 69.6. The van der Waals surface area contributed by atoms with Gasteiger partial charge >= 0.3 is 12.1 Å². The number of hydrogen-bond donors (Lipinski definition) is 0. The van der Waals surface area contributed by atoms with Gasteiger partial charge in [-0.3, -0.25) is 14.6 Å². The summed E-state index contributed by atoms with van der Waals surface area (Å²) in [5.74, 6) is -7.20. The van der Waals surface area contributed by atoms with Crippen LogP contribution in [-0.2, 0) is 17.8 Å². The average molecular weight is 584 g/mol. The van der Waals surface area contributed by atoms with Crippen molar-refractivity contribution >= 4 is 11.8 Å². The highest BCUT2D eigenvalue weighted by atomic mass is 19.4. The summed E-state index contributed by atoms with van der Waals surface area (Å²) >= 11 is 0. The van der Waals surface area contributed by atoms with E-state index in [4.69, 9.17) is 0 Å². The predicted octanol–water partition coefficient (Wildman–Crippen LogP) is 6.42. The van der Waals surface area contributed by atoms with Crippen molar-refractivity contribution in [3.05, 3.63) is 94.5 Å². The molecule has 6 rings (SSSR count). The van der Waals surface area contributed by atoms with E-state index < -0.39 is 36.5 Å². The van der Waals surface area contributed by atoms with Crippen LogP contribution in [0.3, 0.4) is 0 Å². The molecule has 2 heterocycles. The normalized spacial score (nSPS) is 18.5. The summed E-state index contributed by atoms with van der Waals surface area (Å²) in [6, 6.07) is 19.4. The Hall–Kier alpha value is -3.79. The van der Waals surface area contributed by atoms with Crippen LogP contribution in [0.25, 0.3) is 11.1 Å². The quantitative estimate of drug-likeness (QED) is 0.288. The van der Waals surface area contributed by atoms with Crippen molar-refractivity contribution in [3.8, 4) is 11.1 Å². The number of amides is 2. The van der Waals surface area contributed by atoms with Gasteiger partial charge in [0.1, 0.15) is 6.54 Å². The minimum atomic E-state index is -5.83. The Kier molecular flexibility index (Phi) is 7.07. The number of alkyl halides is 5. The number of carbonyl (C=O) groups excluding carboxylic acids is 2. The van der Waals surface area contributed by atoms with Crippen molar-refractivity contribution in [1.29, 1.82) is 0 Å². The SMILES string of the molecule is CCCCc1cccc2c1C(C(=O)N(CC(F)(F)C(F)(F)F)N1CC(N3Cc4ccccc4C3=O)C1)c1ccccc1-2. The highest BCUT2D eigenvalue weighted by molar-refractivity contribution is 5.99. The minimum Gasteiger partial charge on any atom is -0.329 e. The van der Waals surface area contributed by atoms with Gasteiger partial charge in [0.2, 0.25) is 5.91 Å². The van der Waals surface area contributed by atoms with Gasteiger partial charge in [0.25, 0.3) is 5.91 Å². The van der Waals surface area contributed by atoms with E-state index in [1.54, 1.807) is 29.2 Å². The van der Waals surface area contributed by atoms with Gasteiger partial charge in [-0.1, -0.05) is 74.0 Å². The van der Waals surface area contributed by atoms with Gasteiger partial charge in [0.05, 0.1) is 12.0 Å². The molecule has 0 bridgehead atoms. The number of unbranched alkanes of at least 4 members (excludes halogenated alkanes) is 1. The zero-order valence-corrected chi connectivity index (χ0v) is 23.0. The van der Waals surface area contributed by atoms with Gasteiger partial charge < -0.3 is 4.90 Å². The topological polar surface area (TPSA) is 43.9 Å². The van der Waals surface area contributed by atoms with E-state index in [1.165, 1.54) is 5.01 Å². The van der Waals surface area contributed by atoms with Crippen LogP contribution in [-0.4, -0.2) is 64.5 Å². The van der Waals surface area contributed by atoms with Crippen molar-refractivity contribution in [3.63, 3.8) is 0 Å². The maximum atomic E-state index is 14.6. The molecule has 1 fully saturated rings. The molecule has 42 heavy (non-hydrogen) atoms. The fourth-order valence-electron chi connectivity index (χ4n) is 6.32. The van der Waals surface area contributed by atoms with Crippen LogP contribution < -0.4 is 0 Å². The van der Waals surface area contributed by atoms with Crippen molar-refractivity contribution in [2.24, 2.45) is 0 Å². The first-order chi connectivity index (χ1) is 20.0. The lowest BCUT2D eigenvalue weighted by molar-refractivity contribution is -0.296. The molecule has 0 radical (unpaired) electrons. The molecule has 2 amide bonds. The standard InChI is InChI=1S/C32H30F5N3O2/c1-2-3-9-20-11-8-15-25-24-13-6-7-14-26(24)28(27(20)25)30(42)40(19-31(33,34)32(35,36)37)38-17-22(18-38)39-16-21-10-4-5-12-23(21)29(39)41/h4-8,10-15,22,28H,2-3,9,16-19H2,1H3. The summed E-state index contributed by atoms with van der Waals surface area (Å²) in [5, 5.41) is 1.82. The molecule has 0 N–H and O–H groups in total. The van der Waals surface area contributed by atoms with E-state index in [0.29, 0.717) is 34.7 Å². The number of hydrazine groups is 1. The van der Waals surface area contributed by atoms with Gasteiger partial charge in [-0.25, -0.2) is 5.01 Å². The fourth-order valence-corrected chi connectivity index (χ4v) is 6.32. The molecule has 1 atom stereocenters. The smallest absolute Gasteiger partial charge is 0.329 e. The second-order valence-corrected chi connectivity index (χ2v) is 11.2. The third kappa shape index (κ3) is 4.65. The number of hydrogen-bond acceptors (Lipinski definition) is 3. The second kappa shape index (κ2) is 10.5. The summed E-state index contributed by atoms with van der Waals surface area (Å²) in [4.78, 5) is 28.9. The van der Waals surface area contributed by atoms with E-state index in [-0.39, 0.29) is 19.0 Å². The van der Waals surface area contributed by atoms with Gasteiger partial charge in [-0.2, -0.15) is 22.0 Å². The zero-order chi connectivity index (χ0) is 29.8. The summed E-state index contributed by atoms with van der Waals surface area (Å²) in [7, 11) is 0. The molecule has 3 aliphatic rings. The second-order valence-electron chi connectivity index (χ2n) is 11.2. The average Bonchev–Trinajstić information content (AvgIpc) is 3.45. The summed E-state index contributed by atoms with van der Waals surface area (Å²) in [5.41, 5.74) is 5.08. The maximum absolute atomic E-state index is 14.6. The van der Waals surface area contributed by atoms with Crippen molar-refractivity contribution in [2.45, 2.75) is 56.8 Å². The number of benzene rings is 3.